The summed E-state index contributed by atoms with van der Waals surface area (Å²) >= 11 is 9.29. The highest BCUT2D eigenvalue weighted by molar-refractivity contribution is 9.10. The first-order valence-corrected chi connectivity index (χ1v) is 6.70. The van der Waals surface area contributed by atoms with Gasteiger partial charge in [0, 0.05) is 6.54 Å². The normalized spacial score (nSPS) is 10.9. The molecule has 0 aromatic carbocycles. The maximum Gasteiger partial charge on any atom is 0.404 e. The summed E-state index contributed by atoms with van der Waals surface area (Å²) in [5, 5.41) is 19.5. The Morgan fingerprint density at radius 2 is 2.21 bits per heavy atom. The van der Waals surface area contributed by atoms with Crippen LogP contribution in [0.4, 0.5) is 5.82 Å². The van der Waals surface area contributed by atoms with Crippen LogP contribution in [0.5, 0.6) is 0 Å². The molecule has 0 saturated heterocycles. The van der Waals surface area contributed by atoms with Gasteiger partial charge in [0.25, 0.3) is 0 Å². The molecule has 2 aromatic heterocycles. The third-order valence-electron chi connectivity index (χ3n) is 2.64. The molecule has 102 valence electrons. The molecule has 0 aliphatic carbocycles. The molecule has 0 aliphatic rings. The molecule has 19 heavy (non-hydrogen) atoms. The van der Waals surface area contributed by atoms with Gasteiger partial charge in [0.2, 0.25) is 0 Å². The number of aryl methyl sites for hydroxylation is 2. The minimum Gasteiger partial charge on any atom is -0.358 e. The summed E-state index contributed by atoms with van der Waals surface area (Å²) in [7, 11) is 0. The quantitative estimate of drug-likeness (QED) is 0.628. The lowest BCUT2D eigenvalue weighted by Gasteiger charge is -2.02. The predicted octanol–water partition coefficient (Wildman–Crippen LogP) is 2.78. The third-order valence-corrected chi connectivity index (χ3v) is 3.69. The van der Waals surface area contributed by atoms with Crippen molar-refractivity contribution in [2.24, 2.45) is 0 Å². The van der Waals surface area contributed by atoms with Crippen molar-refractivity contribution in [2.45, 2.75) is 26.9 Å². The highest BCUT2D eigenvalue weighted by Crippen LogP contribution is 2.25. The van der Waals surface area contributed by atoms with E-state index in [0.29, 0.717) is 22.6 Å². The molecule has 0 radical (unpaired) electrons. The van der Waals surface area contributed by atoms with E-state index in [0.717, 1.165) is 11.4 Å². The van der Waals surface area contributed by atoms with Gasteiger partial charge < -0.3 is 10.1 Å². The van der Waals surface area contributed by atoms with Gasteiger partial charge in [-0.05, 0) is 34.7 Å². The summed E-state index contributed by atoms with van der Waals surface area (Å²) < 4.78 is 3.57. The molecule has 0 unspecified atom stereocenters. The summed E-state index contributed by atoms with van der Waals surface area (Å²) in [6.45, 7) is 4.78. The topological polar surface area (TPSA) is 78.8 Å². The van der Waals surface area contributed by atoms with Crippen molar-refractivity contribution in [1.82, 2.24) is 19.6 Å². The van der Waals surface area contributed by atoms with Crippen molar-refractivity contribution in [1.29, 1.82) is 0 Å². The molecule has 7 nitrogen and oxygen atoms in total. The first kappa shape index (κ1) is 14.0. The van der Waals surface area contributed by atoms with Gasteiger partial charge in [0.1, 0.15) is 11.0 Å². The molecule has 0 N–H and O–H groups in total. The third kappa shape index (κ3) is 2.64. The van der Waals surface area contributed by atoms with Crippen molar-refractivity contribution < 1.29 is 4.92 Å². The van der Waals surface area contributed by atoms with Crippen molar-refractivity contribution in [3.8, 4) is 0 Å². The summed E-state index contributed by atoms with van der Waals surface area (Å²) in [5.74, 6) is -0.213. The lowest BCUT2D eigenvalue weighted by molar-refractivity contribution is -0.390. The van der Waals surface area contributed by atoms with Crippen LogP contribution in [0.15, 0.2) is 10.7 Å². The van der Waals surface area contributed by atoms with Crippen LogP contribution in [0, 0.1) is 17.0 Å². The summed E-state index contributed by atoms with van der Waals surface area (Å²) in [6.07, 6.45) is 1.55. The number of nitrogens with zero attached hydrogens (tertiary/aromatic N) is 5. The Morgan fingerprint density at radius 1 is 1.53 bits per heavy atom. The van der Waals surface area contributed by atoms with Crippen LogP contribution >= 0.6 is 27.5 Å². The number of halogens is 2. The van der Waals surface area contributed by atoms with E-state index in [1.54, 1.807) is 10.9 Å². The second kappa shape index (κ2) is 5.30. The van der Waals surface area contributed by atoms with Crippen molar-refractivity contribution in [3.05, 3.63) is 37.2 Å². The fourth-order valence-corrected chi connectivity index (χ4v) is 2.42. The molecular weight excluding hydrogens is 338 g/mol. The molecule has 9 heteroatoms. The predicted molar refractivity (Wildman–Crippen MR) is 73.3 cm³/mol. The van der Waals surface area contributed by atoms with E-state index in [9.17, 15) is 10.1 Å². The highest BCUT2D eigenvalue weighted by Gasteiger charge is 2.21. The second-order valence-electron chi connectivity index (χ2n) is 3.92. The van der Waals surface area contributed by atoms with E-state index in [1.807, 2.05) is 13.8 Å². The number of aromatic nitrogens is 4. The van der Waals surface area contributed by atoms with Gasteiger partial charge >= 0.3 is 5.82 Å². The van der Waals surface area contributed by atoms with Crippen LogP contribution in [0.25, 0.3) is 0 Å². The van der Waals surface area contributed by atoms with E-state index < -0.39 is 4.92 Å². The van der Waals surface area contributed by atoms with Crippen molar-refractivity contribution in [3.63, 3.8) is 0 Å². The first-order chi connectivity index (χ1) is 8.93. The molecule has 0 bridgehead atoms. The van der Waals surface area contributed by atoms with Gasteiger partial charge in [-0.3, -0.25) is 4.68 Å². The van der Waals surface area contributed by atoms with E-state index in [1.165, 1.54) is 4.68 Å². The van der Waals surface area contributed by atoms with Crippen LogP contribution in [0.3, 0.4) is 0 Å². The zero-order valence-corrected chi connectivity index (χ0v) is 12.6. The zero-order valence-electron chi connectivity index (χ0n) is 10.3. The summed E-state index contributed by atoms with van der Waals surface area (Å²) in [5.41, 5.74) is 1.52. The average Bonchev–Trinajstić information content (AvgIpc) is 2.84. The van der Waals surface area contributed by atoms with E-state index in [4.69, 9.17) is 11.6 Å². The molecule has 2 aromatic rings. The maximum atomic E-state index is 10.7. The molecular formula is C10H11BrClN5O2. The second-order valence-corrected chi connectivity index (χ2v) is 5.15. The lowest BCUT2D eigenvalue weighted by Crippen LogP contribution is -2.09. The fraction of sp³-hybridized carbons (Fsp3) is 0.400. The summed E-state index contributed by atoms with van der Waals surface area (Å²) in [4.78, 5) is 10.2. The van der Waals surface area contributed by atoms with Gasteiger partial charge in [-0.1, -0.05) is 11.6 Å². The minimum absolute atomic E-state index is 0.213. The lowest BCUT2D eigenvalue weighted by atomic mass is 10.3. The smallest absolute Gasteiger partial charge is 0.358 e. The van der Waals surface area contributed by atoms with E-state index in [2.05, 4.69) is 26.1 Å². The molecule has 0 saturated carbocycles. The Balaban J connectivity index is 2.36. The molecule has 0 spiro atoms. The minimum atomic E-state index is -0.537. The van der Waals surface area contributed by atoms with Gasteiger partial charge in [-0.15, -0.1) is 0 Å². The Morgan fingerprint density at radius 3 is 2.74 bits per heavy atom. The Hall–Kier alpha value is -1.41. The van der Waals surface area contributed by atoms with Gasteiger partial charge in [-0.2, -0.15) is 9.78 Å². The Bertz CT molecular complexity index is 636. The van der Waals surface area contributed by atoms with Crippen LogP contribution < -0.4 is 0 Å². The summed E-state index contributed by atoms with van der Waals surface area (Å²) in [6, 6.07) is 0. The Labute approximate surface area is 122 Å². The fourth-order valence-electron chi connectivity index (χ4n) is 1.77. The maximum absolute atomic E-state index is 10.7. The SMILES string of the molecule is CCn1nc(C)c(Cl)c1Cn1cc(Br)c([N+](=O)[O-])n1. The first-order valence-electron chi connectivity index (χ1n) is 5.53. The molecule has 2 heterocycles. The van der Waals surface area contributed by atoms with Crippen molar-refractivity contribution >= 4 is 33.3 Å². The van der Waals surface area contributed by atoms with Gasteiger partial charge in [-0.25, -0.2) is 0 Å². The van der Waals surface area contributed by atoms with Crippen LogP contribution in [0.2, 0.25) is 5.02 Å². The number of nitro groups is 1. The van der Waals surface area contributed by atoms with E-state index >= 15 is 0 Å². The van der Waals surface area contributed by atoms with Crippen LogP contribution in [-0.2, 0) is 13.1 Å². The van der Waals surface area contributed by atoms with Gasteiger partial charge in [0.15, 0.2) is 0 Å². The number of rotatable bonds is 4. The number of hydrogen-bond acceptors (Lipinski definition) is 4. The largest absolute Gasteiger partial charge is 0.404 e. The molecule has 2 rings (SSSR count). The monoisotopic (exact) mass is 347 g/mol. The molecule has 0 aliphatic heterocycles. The standard InChI is InChI=1S/C10H11BrClN5O2/c1-3-16-8(9(12)6(2)13-16)5-15-4-7(11)10(14-15)17(18)19/h4H,3,5H2,1-2H3. The molecule has 0 amide bonds. The Kier molecular flexibility index (Phi) is 3.91. The van der Waals surface area contributed by atoms with Crippen molar-refractivity contribution in [2.75, 3.05) is 0 Å². The van der Waals surface area contributed by atoms with E-state index in [-0.39, 0.29) is 5.82 Å². The molecule has 0 atom stereocenters. The molecule has 0 fully saturated rings. The van der Waals surface area contributed by atoms with Crippen LogP contribution in [0.1, 0.15) is 18.3 Å². The number of hydrogen-bond donors (Lipinski definition) is 0. The van der Waals surface area contributed by atoms with Gasteiger partial charge in [0.05, 0.1) is 27.7 Å². The highest BCUT2D eigenvalue weighted by atomic mass is 79.9. The average molecular weight is 349 g/mol. The van der Waals surface area contributed by atoms with Crippen LogP contribution in [-0.4, -0.2) is 24.5 Å². The zero-order chi connectivity index (χ0) is 14.2.